The number of rotatable bonds is 7. The normalized spacial score (nSPS) is 15.2. The van der Waals surface area contributed by atoms with Crippen LogP contribution in [0.15, 0.2) is 54.6 Å². The summed E-state index contributed by atoms with van der Waals surface area (Å²) in [6, 6.07) is 15.2. The van der Waals surface area contributed by atoms with E-state index in [9.17, 15) is 4.79 Å². The minimum atomic E-state index is -0.224. The number of hydrogen-bond acceptors (Lipinski definition) is 2. The lowest BCUT2D eigenvalue weighted by Crippen LogP contribution is -2.34. The third kappa shape index (κ3) is 5.71. The Balaban J connectivity index is 1.47. The molecule has 146 valence electrons. The molecule has 0 aliphatic heterocycles. The molecule has 0 unspecified atom stereocenters. The van der Waals surface area contributed by atoms with Crippen molar-refractivity contribution in [3.05, 3.63) is 60.2 Å². The van der Waals surface area contributed by atoms with Crippen molar-refractivity contribution >= 4 is 16.7 Å². The molecule has 0 radical (unpaired) electrons. The number of allylic oxidation sites excluding steroid dienone is 1. The minimum Gasteiger partial charge on any atom is -0.354 e. The molecule has 0 spiro atoms. The molecule has 3 rings (SSSR count). The molecule has 28 heavy (non-hydrogen) atoms. The number of carbonyl (C=O) groups is 1. The molecular formula is C25H30N2O. The summed E-state index contributed by atoms with van der Waals surface area (Å²) in [7, 11) is 0. The molecule has 1 saturated carbocycles. The summed E-state index contributed by atoms with van der Waals surface area (Å²) in [5.74, 6) is 6.78. The topological polar surface area (TPSA) is 41.1 Å². The van der Waals surface area contributed by atoms with Gasteiger partial charge >= 0.3 is 0 Å². The molecule has 2 N–H and O–H groups in total. The van der Waals surface area contributed by atoms with Gasteiger partial charge in [-0.05, 0) is 56.0 Å². The van der Waals surface area contributed by atoms with Gasteiger partial charge in [0, 0.05) is 30.5 Å². The van der Waals surface area contributed by atoms with Crippen LogP contribution in [-0.4, -0.2) is 19.0 Å². The van der Waals surface area contributed by atoms with Gasteiger partial charge in [0.25, 0.3) is 0 Å². The average Bonchev–Trinajstić information content (AvgIpc) is 3.53. The van der Waals surface area contributed by atoms with Crippen LogP contribution >= 0.6 is 0 Å². The fraction of sp³-hybridized carbons (Fsp3) is 0.400. The molecule has 1 amide bonds. The Hall–Kier alpha value is -2.57. The van der Waals surface area contributed by atoms with Crippen LogP contribution in [0.1, 0.15) is 45.2 Å². The molecule has 0 aromatic heterocycles. The van der Waals surface area contributed by atoms with Crippen LogP contribution in [0, 0.1) is 23.2 Å². The van der Waals surface area contributed by atoms with Gasteiger partial charge in [-0.2, -0.15) is 0 Å². The highest BCUT2D eigenvalue weighted by atomic mass is 16.2. The second-order valence-electron chi connectivity index (χ2n) is 8.25. The Kier molecular flexibility index (Phi) is 6.54. The number of amides is 1. The van der Waals surface area contributed by atoms with Gasteiger partial charge in [-0.15, -0.1) is 0 Å². The Bertz CT molecular complexity index is 908. The maximum Gasteiger partial charge on any atom is 0.223 e. The molecule has 2 aromatic rings. The number of nitrogens with one attached hydrogen (secondary N) is 2. The molecule has 1 aliphatic rings. The van der Waals surface area contributed by atoms with E-state index in [1.54, 1.807) is 0 Å². The van der Waals surface area contributed by atoms with E-state index in [4.69, 9.17) is 0 Å². The third-order valence-electron chi connectivity index (χ3n) is 5.10. The third-order valence-corrected chi connectivity index (χ3v) is 5.10. The average molecular weight is 375 g/mol. The lowest BCUT2D eigenvalue weighted by atomic mass is 9.94. The Morgan fingerprint density at radius 3 is 2.75 bits per heavy atom. The van der Waals surface area contributed by atoms with Gasteiger partial charge in [0.2, 0.25) is 5.91 Å². The second-order valence-corrected chi connectivity index (χ2v) is 8.25. The number of hydrogen-bond donors (Lipinski definition) is 2. The van der Waals surface area contributed by atoms with E-state index in [0.717, 1.165) is 19.4 Å². The first-order valence-electron chi connectivity index (χ1n) is 10.1. The molecule has 2 aromatic carbocycles. The van der Waals surface area contributed by atoms with Crippen LogP contribution in [0.25, 0.3) is 10.8 Å². The zero-order valence-corrected chi connectivity index (χ0v) is 17.1. The highest BCUT2D eigenvalue weighted by Crippen LogP contribution is 2.29. The van der Waals surface area contributed by atoms with Crippen molar-refractivity contribution in [2.24, 2.45) is 11.3 Å². The highest BCUT2D eigenvalue weighted by molar-refractivity contribution is 5.86. The van der Waals surface area contributed by atoms with Crippen LogP contribution in [0.3, 0.4) is 0 Å². The van der Waals surface area contributed by atoms with Gasteiger partial charge in [-0.1, -0.05) is 60.4 Å². The maximum atomic E-state index is 11.7. The summed E-state index contributed by atoms with van der Waals surface area (Å²) >= 11 is 0. The Morgan fingerprint density at radius 1 is 1.21 bits per heavy atom. The van der Waals surface area contributed by atoms with E-state index >= 15 is 0 Å². The predicted octanol–water partition coefficient (Wildman–Crippen LogP) is 4.60. The number of fused-ring (bicyclic) bond motifs is 1. The zero-order valence-electron chi connectivity index (χ0n) is 17.1. The predicted molar refractivity (Wildman–Crippen MR) is 117 cm³/mol. The maximum absolute atomic E-state index is 11.7. The first-order chi connectivity index (χ1) is 13.5. The summed E-state index contributed by atoms with van der Waals surface area (Å²) in [5.41, 5.74) is 1.09. The summed E-state index contributed by atoms with van der Waals surface area (Å²) < 4.78 is 0. The lowest BCUT2D eigenvalue weighted by molar-refractivity contribution is -0.122. The standard InChI is InChI=1S/C25H30N2O/c1-19(22-13-9-11-20-10-5-6-12-23(20)22)26-17-8-4-7-16-25(2,3)18-27-24(28)21-14-15-21/h4-6,8-13,19,21,26H,14-15,17-18H2,1-3H3,(H,27,28)/t19-/m1/s1. The van der Waals surface area contributed by atoms with Crippen molar-refractivity contribution in [3.8, 4) is 11.8 Å². The lowest BCUT2D eigenvalue weighted by Gasteiger charge is -2.18. The van der Waals surface area contributed by atoms with Crippen molar-refractivity contribution in [3.63, 3.8) is 0 Å². The van der Waals surface area contributed by atoms with Crippen LogP contribution in [0.2, 0.25) is 0 Å². The fourth-order valence-electron chi connectivity index (χ4n) is 3.18. The molecule has 0 saturated heterocycles. The zero-order chi connectivity index (χ0) is 20.0. The molecule has 1 atom stereocenters. The van der Waals surface area contributed by atoms with Gasteiger partial charge in [-0.25, -0.2) is 0 Å². The van der Waals surface area contributed by atoms with Crippen molar-refractivity contribution in [2.45, 2.75) is 39.7 Å². The molecule has 3 heteroatoms. The first-order valence-corrected chi connectivity index (χ1v) is 10.1. The second kappa shape index (κ2) is 9.08. The van der Waals surface area contributed by atoms with E-state index in [0.29, 0.717) is 6.54 Å². The van der Waals surface area contributed by atoms with Gasteiger partial charge in [0.1, 0.15) is 0 Å². The van der Waals surface area contributed by atoms with Crippen LogP contribution < -0.4 is 10.6 Å². The SMILES string of the molecule is C[C@@H](NCC=CC#CC(C)(C)CNC(=O)C1CC1)c1cccc2ccccc12. The highest BCUT2D eigenvalue weighted by Gasteiger charge is 2.30. The van der Waals surface area contributed by atoms with Gasteiger partial charge in [0.05, 0.1) is 0 Å². The quantitative estimate of drug-likeness (QED) is 0.695. The molecule has 0 heterocycles. The summed E-state index contributed by atoms with van der Waals surface area (Å²) in [6.45, 7) is 7.66. The Morgan fingerprint density at radius 2 is 1.96 bits per heavy atom. The molecule has 3 nitrogen and oxygen atoms in total. The van der Waals surface area contributed by atoms with Gasteiger partial charge in [0.15, 0.2) is 0 Å². The van der Waals surface area contributed by atoms with Crippen LogP contribution in [0.5, 0.6) is 0 Å². The van der Waals surface area contributed by atoms with E-state index in [1.165, 1.54) is 16.3 Å². The van der Waals surface area contributed by atoms with Crippen molar-refractivity contribution in [1.82, 2.24) is 10.6 Å². The van der Waals surface area contributed by atoms with E-state index < -0.39 is 0 Å². The van der Waals surface area contributed by atoms with Crippen LogP contribution in [-0.2, 0) is 4.79 Å². The van der Waals surface area contributed by atoms with Gasteiger partial charge < -0.3 is 10.6 Å². The molecule has 1 aliphatic carbocycles. The van der Waals surface area contributed by atoms with E-state index in [-0.39, 0.29) is 23.3 Å². The smallest absolute Gasteiger partial charge is 0.223 e. The largest absolute Gasteiger partial charge is 0.354 e. The summed E-state index contributed by atoms with van der Waals surface area (Å²) in [6.07, 6.45) is 6.01. The van der Waals surface area contributed by atoms with E-state index in [2.05, 4.69) is 85.7 Å². The fourth-order valence-corrected chi connectivity index (χ4v) is 3.18. The van der Waals surface area contributed by atoms with E-state index in [1.807, 2.05) is 12.2 Å². The number of benzene rings is 2. The Labute approximate surface area is 168 Å². The molecular weight excluding hydrogens is 344 g/mol. The van der Waals surface area contributed by atoms with Gasteiger partial charge in [-0.3, -0.25) is 4.79 Å². The molecule has 1 fully saturated rings. The van der Waals surface area contributed by atoms with Crippen molar-refractivity contribution < 1.29 is 4.79 Å². The summed E-state index contributed by atoms with van der Waals surface area (Å²) in [4.78, 5) is 11.7. The minimum absolute atomic E-state index is 0.178. The monoisotopic (exact) mass is 374 g/mol. The first kappa shape index (κ1) is 20.2. The van der Waals surface area contributed by atoms with Crippen molar-refractivity contribution in [1.29, 1.82) is 0 Å². The van der Waals surface area contributed by atoms with Crippen LogP contribution in [0.4, 0.5) is 0 Å². The number of carbonyl (C=O) groups excluding carboxylic acids is 1. The van der Waals surface area contributed by atoms with Crippen molar-refractivity contribution in [2.75, 3.05) is 13.1 Å². The summed E-state index contributed by atoms with van der Waals surface area (Å²) in [5, 5.41) is 9.11. The molecule has 0 bridgehead atoms.